The number of nitrogens with one attached hydrogen (secondary N) is 2. The molecule has 0 aliphatic heterocycles. The summed E-state index contributed by atoms with van der Waals surface area (Å²) in [6, 6.07) is 4.86. The van der Waals surface area contributed by atoms with E-state index < -0.39 is 17.7 Å². The Hall–Kier alpha value is -3.30. The summed E-state index contributed by atoms with van der Waals surface area (Å²) in [5, 5.41) is 10.4. The summed E-state index contributed by atoms with van der Waals surface area (Å²) in [5.74, 6) is 0.280. The van der Waals surface area contributed by atoms with Gasteiger partial charge in [-0.05, 0) is 25.8 Å². The molecule has 3 aromatic rings. The number of anilines is 4. The lowest BCUT2D eigenvalue weighted by atomic mass is 10.1. The molecule has 0 amide bonds. The number of hydrogen-bond acceptors (Lipinski definition) is 7. The molecule has 1 atom stereocenters. The van der Waals surface area contributed by atoms with Crippen molar-refractivity contribution in [3.63, 3.8) is 0 Å². The van der Waals surface area contributed by atoms with Gasteiger partial charge in [0.2, 0.25) is 17.8 Å². The number of benzene rings is 1. The molecule has 0 saturated heterocycles. The van der Waals surface area contributed by atoms with Gasteiger partial charge >= 0.3 is 0 Å². The lowest BCUT2D eigenvalue weighted by molar-refractivity contribution is 0.566. The number of rotatable bonds is 6. The number of aryl methyl sites for hydroxylation is 1. The maximum atomic E-state index is 14.0. The Labute approximate surface area is 160 Å². The van der Waals surface area contributed by atoms with Gasteiger partial charge in [0.05, 0.1) is 6.04 Å². The zero-order chi connectivity index (χ0) is 19.8. The molecule has 8 nitrogen and oxygen atoms in total. The highest BCUT2D eigenvalue weighted by Gasteiger charge is 2.27. The van der Waals surface area contributed by atoms with E-state index in [9.17, 15) is 8.78 Å². The van der Waals surface area contributed by atoms with Gasteiger partial charge in [0.25, 0.3) is 0 Å². The normalized spacial score (nSPS) is 14.7. The third kappa shape index (κ3) is 3.85. The van der Waals surface area contributed by atoms with E-state index in [1.165, 1.54) is 25.0 Å². The van der Waals surface area contributed by atoms with Crippen LogP contribution in [0.25, 0.3) is 0 Å². The van der Waals surface area contributed by atoms with Crippen molar-refractivity contribution in [1.82, 2.24) is 24.7 Å². The largest absolute Gasteiger partial charge is 0.368 e. The number of nitrogens with zero attached hydrogens (tertiary/aromatic N) is 5. The molecule has 1 aliphatic carbocycles. The molecule has 0 radical (unpaired) electrons. The Balaban J connectivity index is 1.52. The molecule has 28 heavy (non-hydrogen) atoms. The van der Waals surface area contributed by atoms with Crippen LogP contribution in [0.5, 0.6) is 0 Å². The maximum Gasteiger partial charge on any atom is 0.235 e. The molecule has 1 aromatic carbocycles. The molecule has 4 N–H and O–H groups in total. The summed E-state index contributed by atoms with van der Waals surface area (Å²) in [7, 11) is 1.90. The van der Waals surface area contributed by atoms with Gasteiger partial charge in [-0.1, -0.05) is 6.07 Å². The van der Waals surface area contributed by atoms with Crippen molar-refractivity contribution in [1.29, 1.82) is 0 Å². The van der Waals surface area contributed by atoms with Gasteiger partial charge in [0, 0.05) is 36.4 Å². The lowest BCUT2D eigenvalue weighted by Crippen LogP contribution is -2.14. The number of aromatic nitrogens is 5. The van der Waals surface area contributed by atoms with Gasteiger partial charge in [-0.15, -0.1) is 0 Å². The van der Waals surface area contributed by atoms with Gasteiger partial charge in [-0.3, -0.25) is 4.68 Å². The Kier molecular flexibility index (Phi) is 4.54. The Morgan fingerprint density at radius 1 is 1.14 bits per heavy atom. The van der Waals surface area contributed by atoms with Crippen molar-refractivity contribution >= 4 is 23.7 Å². The highest BCUT2D eigenvalue weighted by molar-refractivity contribution is 5.52. The van der Waals surface area contributed by atoms with Gasteiger partial charge in [-0.2, -0.15) is 20.1 Å². The van der Waals surface area contributed by atoms with Crippen LogP contribution in [0.4, 0.5) is 32.4 Å². The maximum absolute atomic E-state index is 14.0. The fourth-order valence-electron chi connectivity index (χ4n) is 3.06. The van der Waals surface area contributed by atoms with Crippen molar-refractivity contribution in [2.45, 2.75) is 31.7 Å². The Bertz CT molecular complexity index is 1010. The molecule has 146 valence electrons. The zero-order valence-electron chi connectivity index (χ0n) is 15.4. The summed E-state index contributed by atoms with van der Waals surface area (Å²) in [5.41, 5.74) is 7.22. The first-order valence-electron chi connectivity index (χ1n) is 8.93. The fourth-order valence-corrected chi connectivity index (χ4v) is 3.06. The van der Waals surface area contributed by atoms with Crippen LogP contribution in [0, 0.1) is 11.6 Å². The van der Waals surface area contributed by atoms with E-state index in [0.29, 0.717) is 11.7 Å². The third-order valence-corrected chi connectivity index (χ3v) is 4.58. The van der Waals surface area contributed by atoms with E-state index in [2.05, 4.69) is 30.7 Å². The van der Waals surface area contributed by atoms with E-state index in [-0.39, 0.29) is 23.4 Å². The topological polar surface area (TPSA) is 107 Å². The van der Waals surface area contributed by atoms with E-state index in [1.807, 2.05) is 17.8 Å². The predicted octanol–water partition coefficient (Wildman–Crippen LogP) is 3.26. The summed E-state index contributed by atoms with van der Waals surface area (Å²) < 4.78 is 28.9. The second-order valence-corrected chi connectivity index (χ2v) is 6.85. The number of halogens is 2. The van der Waals surface area contributed by atoms with Crippen LogP contribution >= 0.6 is 0 Å². The smallest absolute Gasteiger partial charge is 0.235 e. The van der Waals surface area contributed by atoms with E-state index in [0.717, 1.165) is 11.8 Å². The van der Waals surface area contributed by atoms with Crippen molar-refractivity contribution < 1.29 is 8.78 Å². The van der Waals surface area contributed by atoms with Crippen LogP contribution in [-0.4, -0.2) is 24.7 Å². The first kappa shape index (κ1) is 18.1. The molecular formula is C18H20F2N8. The van der Waals surface area contributed by atoms with Crippen molar-refractivity contribution in [2.75, 3.05) is 16.4 Å². The lowest BCUT2D eigenvalue weighted by Gasteiger charge is -2.15. The highest BCUT2D eigenvalue weighted by Crippen LogP contribution is 2.40. The second-order valence-electron chi connectivity index (χ2n) is 6.85. The Morgan fingerprint density at radius 2 is 1.89 bits per heavy atom. The SMILES string of the molecule is CC(Nc1nc(N)nc(Nc2cc(C3CC3)n(C)n2)n1)c1ccc(F)cc1F. The summed E-state index contributed by atoms with van der Waals surface area (Å²) >= 11 is 0. The van der Waals surface area contributed by atoms with E-state index >= 15 is 0 Å². The Morgan fingerprint density at radius 3 is 2.61 bits per heavy atom. The molecular weight excluding hydrogens is 366 g/mol. The minimum Gasteiger partial charge on any atom is -0.368 e. The fraction of sp³-hybridized carbons (Fsp3) is 0.333. The van der Waals surface area contributed by atoms with Crippen LogP contribution in [0.3, 0.4) is 0 Å². The number of hydrogen-bond donors (Lipinski definition) is 3. The first-order valence-corrected chi connectivity index (χ1v) is 8.93. The van der Waals surface area contributed by atoms with Gasteiger partial charge in [0.1, 0.15) is 11.6 Å². The minimum atomic E-state index is -0.651. The second kappa shape index (κ2) is 7.02. The molecule has 1 fully saturated rings. The monoisotopic (exact) mass is 386 g/mol. The van der Waals surface area contributed by atoms with Crippen LogP contribution in [0.15, 0.2) is 24.3 Å². The number of nitrogens with two attached hydrogens (primary N) is 1. The third-order valence-electron chi connectivity index (χ3n) is 4.58. The molecule has 1 unspecified atom stereocenters. The molecule has 4 rings (SSSR count). The quantitative estimate of drug-likeness (QED) is 0.597. The minimum absolute atomic E-state index is 0.00475. The van der Waals surface area contributed by atoms with Crippen LogP contribution in [-0.2, 0) is 7.05 Å². The summed E-state index contributed by atoms with van der Waals surface area (Å²) in [4.78, 5) is 12.4. The van der Waals surface area contributed by atoms with Crippen LogP contribution < -0.4 is 16.4 Å². The van der Waals surface area contributed by atoms with Gasteiger partial charge in [0.15, 0.2) is 5.82 Å². The molecule has 1 aliphatic rings. The summed E-state index contributed by atoms with van der Waals surface area (Å²) in [6.07, 6.45) is 2.34. The average molecular weight is 386 g/mol. The predicted molar refractivity (Wildman–Crippen MR) is 101 cm³/mol. The van der Waals surface area contributed by atoms with Crippen molar-refractivity contribution in [2.24, 2.45) is 7.05 Å². The number of nitrogen functional groups attached to an aromatic ring is 1. The molecule has 0 bridgehead atoms. The zero-order valence-corrected chi connectivity index (χ0v) is 15.4. The van der Waals surface area contributed by atoms with Crippen molar-refractivity contribution in [3.05, 3.63) is 47.2 Å². The van der Waals surface area contributed by atoms with E-state index in [1.54, 1.807) is 6.92 Å². The first-order chi connectivity index (χ1) is 13.4. The standard InChI is InChI=1S/C18H20F2N8/c1-9(12-6-5-11(19)7-13(12)20)22-17-24-16(21)25-18(26-17)23-15-8-14(10-3-4-10)28(2)27-15/h5-10H,3-4H2,1-2H3,(H4,21,22,23,24,25,26,27). The molecule has 10 heteroatoms. The van der Waals surface area contributed by atoms with E-state index in [4.69, 9.17) is 5.73 Å². The highest BCUT2D eigenvalue weighted by atomic mass is 19.1. The molecule has 0 spiro atoms. The molecule has 2 aromatic heterocycles. The summed E-state index contributed by atoms with van der Waals surface area (Å²) in [6.45, 7) is 1.71. The van der Waals surface area contributed by atoms with Gasteiger partial charge in [-0.25, -0.2) is 8.78 Å². The van der Waals surface area contributed by atoms with Crippen LogP contribution in [0.1, 0.15) is 43.0 Å². The molecule has 1 saturated carbocycles. The van der Waals surface area contributed by atoms with Crippen LogP contribution in [0.2, 0.25) is 0 Å². The molecule has 2 heterocycles. The average Bonchev–Trinajstić information content (AvgIpc) is 3.37. The van der Waals surface area contributed by atoms with Crippen molar-refractivity contribution in [3.8, 4) is 0 Å². The van der Waals surface area contributed by atoms with Gasteiger partial charge < -0.3 is 16.4 Å².